The Morgan fingerprint density at radius 1 is 1.54 bits per heavy atom. The molecular weight excluding hydrogens is 177 g/mol. The summed E-state index contributed by atoms with van der Waals surface area (Å²) in [6, 6.07) is 3.56. The Labute approximate surface area is 74.2 Å². The molecule has 13 heavy (non-hydrogen) atoms. The largest absolute Gasteiger partial charge is 0.382 e. The van der Waals surface area contributed by atoms with Gasteiger partial charge < -0.3 is 4.84 Å². The molecule has 0 atom stereocenters. The molecule has 0 fully saturated rings. The first-order valence-corrected chi connectivity index (χ1v) is 3.47. The van der Waals surface area contributed by atoms with Gasteiger partial charge in [-0.25, -0.2) is 4.39 Å². The minimum absolute atomic E-state index is 0.0804. The third-order valence-corrected chi connectivity index (χ3v) is 1.34. The predicted molar refractivity (Wildman–Crippen MR) is 42.6 cm³/mol. The van der Waals surface area contributed by atoms with Crippen LogP contribution in [-0.4, -0.2) is 13.4 Å². The molecule has 1 aromatic rings. The van der Waals surface area contributed by atoms with Gasteiger partial charge in [-0.15, -0.1) is 0 Å². The van der Waals surface area contributed by atoms with Crippen LogP contribution in [0.2, 0.25) is 0 Å². The van der Waals surface area contributed by atoms with Crippen LogP contribution in [-0.2, 0) is 4.84 Å². The van der Waals surface area contributed by atoms with Crippen molar-refractivity contribution in [3.8, 4) is 5.75 Å². The molecule has 0 bridgehead atoms. The normalized spacial score (nSPS) is 9.69. The van der Waals surface area contributed by atoms with E-state index in [1.165, 1.54) is 19.2 Å². The maximum absolute atomic E-state index is 12.6. The molecule has 0 aromatic heterocycles. The van der Waals surface area contributed by atoms with Crippen LogP contribution in [0.3, 0.4) is 0 Å². The van der Waals surface area contributed by atoms with Gasteiger partial charge in [0.05, 0.1) is 12.7 Å². The zero-order valence-electron chi connectivity index (χ0n) is 6.91. The first kappa shape index (κ1) is 9.63. The zero-order chi connectivity index (χ0) is 9.68. The average Bonchev–Trinajstić information content (AvgIpc) is 2.15. The lowest BCUT2D eigenvalue weighted by molar-refractivity contribution is -0.0799. The van der Waals surface area contributed by atoms with Crippen LogP contribution >= 0.6 is 0 Å². The van der Waals surface area contributed by atoms with Crippen molar-refractivity contribution in [2.24, 2.45) is 0 Å². The number of nitrogens with one attached hydrogen (secondary N) is 1. The minimum atomic E-state index is -0.487. The summed E-state index contributed by atoms with van der Waals surface area (Å²) in [5, 5.41) is 0. The average molecular weight is 185 g/mol. The van der Waals surface area contributed by atoms with E-state index < -0.39 is 5.82 Å². The van der Waals surface area contributed by atoms with Crippen LogP contribution in [0.4, 0.5) is 4.39 Å². The van der Waals surface area contributed by atoms with E-state index in [1.807, 2.05) is 5.64 Å². The molecule has 4 nitrogen and oxygen atoms in total. The highest BCUT2D eigenvalue weighted by Gasteiger charge is 2.04. The van der Waals surface area contributed by atoms with Crippen LogP contribution < -0.4 is 10.5 Å². The lowest BCUT2D eigenvalue weighted by Gasteiger charge is -2.05. The standard InChI is InChI=1S/C8H8FNO3/c1-12-10-13-8-4-7(9)3-2-6(8)5-11/h2-5,10H,1H3. The Morgan fingerprint density at radius 3 is 2.92 bits per heavy atom. The molecule has 0 saturated heterocycles. The van der Waals surface area contributed by atoms with Gasteiger partial charge in [0.25, 0.3) is 0 Å². The van der Waals surface area contributed by atoms with Crippen molar-refractivity contribution < 1.29 is 18.9 Å². The molecule has 1 rings (SSSR count). The van der Waals surface area contributed by atoms with E-state index in [-0.39, 0.29) is 11.3 Å². The molecular formula is C8H8FNO3. The molecule has 0 radical (unpaired) electrons. The van der Waals surface area contributed by atoms with Gasteiger partial charge in [0.15, 0.2) is 12.0 Å². The summed E-state index contributed by atoms with van der Waals surface area (Å²) >= 11 is 0. The van der Waals surface area contributed by atoms with E-state index in [4.69, 9.17) is 4.84 Å². The minimum Gasteiger partial charge on any atom is -0.382 e. The van der Waals surface area contributed by atoms with Crippen molar-refractivity contribution in [3.05, 3.63) is 29.6 Å². The predicted octanol–water partition coefficient (Wildman–Crippen LogP) is 1.08. The summed E-state index contributed by atoms with van der Waals surface area (Å²) in [5.74, 6) is -0.407. The fourth-order valence-corrected chi connectivity index (χ4v) is 0.781. The van der Waals surface area contributed by atoms with Gasteiger partial charge in [-0.05, 0) is 17.8 Å². The van der Waals surface area contributed by atoms with E-state index in [0.29, 0.717) is 6.29 Å². The Hall–Kier alpha value is -1.46. The SMILES string of the molecule is CONOc1cc(F)ccc1C=O. The molecule has 0 spiro atoms. The second-order valence-corrected chi connectivity index (χ2v) is 2.19. The maximum Gasteiger partial charge on any atom is 0.163 e. The van der Waals surface area contributed by atoms with Gasteiger partial charge >= 0.3 is 0 Å². The summed E-state index contributed by atoms with van der Waals surface area (Å²) < 4.78 is 12.6. The number of hydrogen-bond acceptors (Lipinski definition) is 4. The number of rotatable bonds is 4. The second kappa shape index (κ2) is 4.54. The topological polar surface area (TPSA) is 47.6 Å². The molecule has 1 aromatic carbocycles. The first-order chi connectivity index (χ1) is 6.27. The molecule has 0 aliphatic heterocycles. The number of carbonyl (C=O) groups is 1. The number of halogens is 1. The lowest BCUT2D eigenvalue weighted by atomic mass is 10.2. The van der Waals surface area contributed by atoms with Crippen LogP contribution in [0.5, 0.6) is 5.75 Å². The van der Waals surface area contributed by atoms with Gasteiger partial charge in [0, 0.05) is 6.07 Å². The van der Waals surface area contributed by atoms with Crippen LogP contribution in [0.15, 0.2) is 18.2 Å². The summed E-state index contributed by atoms with van der Waals surface area (Å²) in [7, 11) is 1.33. The number of aldehydes is 1. The second-order valence-electron chi connectivity index (χ2n) is 2.19. The smallest absolute Gasteiger partial charge is 0.163 e. The first-order valence-electron chi connectivity index (χ1n) is 3.47. The third-order valence-electron chi connectivity index (χ3n) is 1.34. The summed E-state index contributed by atoms with van der Waals surface area (Å²) in [5.41, 5.74) is 2.28. The number of hydrogen-bond donors (Lipinski definition) is 1. The highest BCUT2D eigenvalue weighted by molar-refractivity contribution is 5.79. The highest BCUT2D eigenvalue weighted by Crippen LogP contribution is 2.16. The van der Waals surface area contributed by atoms with E-state index >= 15 is 0 Å². The monoisotopic (exact) mass is 185 g/mol. The number of carbonyl (C=O) groups excluding carboxylic acids is 1. The van der Waals surface area contributed by atoms with Crippen molar-refractivity contribution in [1.82, 2.24) is 5.64 Å². The van der Waals surface area contributed by atoms with E-state index in [1.54, 1.807) is 0 Å². The summed E-state index contributed by atoms with van der Waals surface area (Å²) in [6.07, 6.45) is 0.562. The van der Waals surface area contributed by atoms with Crippen LogP contribution in [0, 0.1) is 5.82 Å². The van der Waals surface area contributed by atoms with E-state index in [0.717, 1.165) is 6.07 Å². The van der Waals surface area contributed by atoms with Crippen molar-refractivity contribution in [3.63, 3.8) is 0 Å². The van der Waals surface area contributed by atoms with E-state index in [2.05, 4.69) is 4.84 Å². The summed E-state index contributed by atoms with van der Waals surface area (Å²) in [6.45, 7) is 0. The van der Waals surface area contributed by atoms with Crippen molar-refractivity contribution in [1.29, 1.82) is 0 Å². The molecule has 5 heteroatoms. The molecule has 0 saturated carbocycles. The van der Waals surface area contributed by atoms with Crippen molar-refractivity contribution >= 4 is 6.29 Å². The summed E-state index contributed by atoms with van der Waals surface area (Å²) in [4.78, 5) is 19.5. The maximum atomic E-state index is 12.6. The van der Waals surface area contributed by atoms with Crippen LogP contribution in [0.1, 0.15) is 10.4 Å². The zero-order valence-corrected chi connectivity index (χ0v) is 6.91. The Balaban J connectivity index is 2.87. The Kier molecular flexibility index (Phi) is 3.36. The Morgan fingerprint density at radius 2 is 2.31 bits per heavy atom. The molecule has 0 unspecified atom stereocenters. The molecule has 0 aliphatic carbocycles. The fraction of sp³-hybridized carbons (Fsp3) is 0.125. The molecule has 0 amide bonds. The quantitative estimate of drug-likeness (QED) is 0.563. The lowest BCUT2D eigenvalue weighted by Crippen LogP contribution is -2.17. The van der Waals surface area contributed by atoms with Gasteiger partial charge in [0.1, 0.15) is 5.82 Å². The molecule has 0 heterocycles. The van der Waals surface area contributed by atoms with Gasteiger partial charge in [-0.2, -0.15) is 0 Å². The molecule has 70 valence electrons. The Bertz CT molecular complexity index is 303. The molecule has 1 N–H and O–H groups in total. The van der Waals surface area contributed by atoms with Crippen molar-refractivity contribution in [2.45, 2.75) is 0 Å². The van der Waals surface area contributed by atoms with Crippen molar-refractivity contribution in [2.75, 3.05) is 7.11 Å². The van der Waals surface area contributed by atoms with Gasteiger partial charge in [0.2, 0.25) is 0 Å². The third kappa shape index (κ3) is 2.50. The van der Waals surface area contributed by atoms with Crippen LogP contribution in [0.25, 0.3) is 0 Å². The van der Waals surface area contributed by atoms with Gasteiger partial charge in [-0.1, -0.05) is 0 Å². The molecule has 0 aliphatic rings. The van der Waals surface area contributed by atoms with E-state index in [9.17, 15) is 9.18 Å². The fourth-order valence-electron chi connectivity index (χ4n) is 0.781. The number of benzene rings is 1. The van der Waals surface area contributed by atoms with Gasteiger partial charge in [-0.3, -0.25) is 9.63 Å². The highest BCUT2D eigenvalue weighted by atomic mass is 19.1.